The van der Waals surface area contributed by atoms with Crippen molar-refractivity contribution in [2.45, 2.75) is 36.5 Å². The molecule has 0 bridgehead atoms. The predicted octanol–water partition coefficient (Wildman–Crippen LogP) is 4.88. The number of hydrogen-bond donors (Lipinski definition) is 3. The number of aliphatic hydroxyl groups is 1. The lowest BCUT2D eigenvalue weighted by molar-refractivity contribution is 0.198. The molecule has 0 amide bonds. The Kier molecular flexibility index (Phi) is 7.09. The minimum atomic E-state index is -3.52. The monoisotopic (exact) mass is 533 g/mol. The number of sulfone groups is 1. The summed E-state index contributed by atoms with van der Waals surface area (Å²) in [4.78, 5) is 11.7. The van der Waals surface area contributed by atoms with Crippen LogP contribution in [0.5, 0.6) is 5.75 Å². The van der Waals surface area contributed by atoms with Gasteiger partial charge in [-0.15, -0.1) is 0 Å². The minimum absolute atomic E-state index is 0.219. The van der Waals surface area contributed by atoms with Crippen LogP contribution in [0.1, 0.15) is 20.3 Å². The number of para-hydroxylation sites is 2. The van der Waals surface area contributed by atoms with Crippen LogP contribution in [0.2, 0.25) is 0 Å². The lowest BCUT2D eigenvalue weighted by Gasteiger charge is -2.20. The van der Waals surface area contributed by atoms with Crippen LogP contribution in [0.3, 0.4) is 0 Å². The molecule has 3 aromatic carbocycles. The fourth-order valence-electron chi connectivity index (χ4n) is 4.50. The Bertz CT molecular complexity index is 1580. The van der Waals surface area contributed by atoms with E-state index in [1.54, 1.807) is 45.2 Å². The molecule has 2 heterocycles. The first-order valence-corrected chi connectivity index (χ1v) is 14.1. The van der Waals surface area contributed by atoms with Gasteiger partial charge in [0.1, 0.15) is 11.6 Å². The summed E-state index contributed by atoms with van der Waals surface area (Å²) >= 11 is 0. The summed E-state index contributed by atoms with van der Waals surface area (Å²) in [5.74, 6) is 1.42. The quantitative estimate of drug-likeness (QED) is 0.291. The number of hydrogen-bond acceptors (Lipinski definition) is 9. The normalized spacial score (nSPS) is 15.7. The van der Waals surface area contributed by atoms with Crippen molar-refractivity contribution in [2.75, 3.05) is 35.7 Å². The summed E-state index contributed by atoms with van der Waals surface area (Å²) in [5.41, 5.74) is 2.79. The first-order valence-electron chi connectivity index (χ1n) is 12.5. The van der Waals surface area contributed by atoms with Gasteiger partial charge in [0.2, 0.25) is 5.95 Å². The molecule has 9 nitrogen and oxygen atoms in total. The van der Waals surface area contributed by atoms with E-state index < -0.39 is 15.1 Å². The van der Waals surface area contributed by atoms with Gasteiger partial charge in [-0.2, -0.15) is 4.98 Å². The topological polar surface area (TPSA) is 117 Å². The molecule has 1 aliphatic rings. The maximum absolute atomic E-state index is 13.0. The van der Waals surface area contributed by atoms with E-state index in [0.717, 1.165) is 24.0 Å². The largest absolute Gasteiger partial charge is 0.494 e. The predicted molar refractivity (Wildman–Crippen MR) is 151 cm³/mol. The first kappa shape index (κ1) is 25.7. The van der Waals surface area contributed by atoms with Crippen molar-refractivity contribution in [3.05, 3.63) is 66.7 Å². The van der Waals surface area contributed by atoms with E-state index >= 15 is 0 Å². The van der Waals surface area contributed by atoms with Crippen molar-refractivity contribution in [1.29, 1.82) is 0 Å². The third kappa shape index (κ3) is 5.09. The lowest BCUT2D eigenvalue weighted by Crippen LogP contribution is -2.21. The second-order valence-electron chi connectivity index (χ2n) is 9.53. The van der Waals surface area contributed by atoms with E-state index in [1.165, 1.54) is 0 Å². The van der Waals surface area contributed by atoms with Crippen molar-refractivity contribution in [3.63, 3.8) is 0 Å². The Morgan fingerprint density at radius 3 is 2.50 bits per heavy atom. The molecule has 1 aliphatic heterocycles. The van der Waals surface area contributed by atoms with Gasteiger partial charge in [-0.05, 0) is 56.7 Å². The van der Waals surface area contributed by atoms with Crippen LogP contribution in [0.4, 0.5) is 28.8 Å². The summed E-state index contributed by atoms with van der Waals surface area (Å²) in [7, 11) is -1.92. The fraction of sp³-hybridized carbons (Fsp3) is 0.286. The molecule has 5 rings (SSSR count). The van der Waals surface area contributed by atoms with Crippen LogP contribution in [0, 0.1) is 0 Å². The average molecular weight is 534 g/mol. The van der Waals surface area contributed by atoms with Gasteiger partial charge >= 0.3 is 0 Å². The Morgan fingerprint density at radius 2 is 1.76 bits per heavy atom. The number of anilines is 5. The van der Waals surface area contributed by atoms with Gasteiger partial charge in [-0.1, -0.05) is 24.3 Å². The van der Waals surface area contributed by atoms with Crippen LogP contribution in [-0.2, 0) is 9.84 Å². The highest BCUT2D eigenvalue weighted by Gasteiger charge is 2.24. The molecule has 0 saturated carbocycles. The molecule has 38 heavy (non-hydrogen) atoms. The highest BCUT2D eigenvalue weighted by Crippen LogP contribution is 2.35. The van der Waals surface area contributed by atoms with Crippen LogP contribution >= 0.6 is 0 Å². The Labute approximate surface area is 222 Å². The standard InChI is InChI=1S/C28H31N5O4S/c1-18(2)38(35,36)26-11-7-6-10-24(26)29-27-21-8-4-5-9-22(21)30-28(32-27)31-23-13-12-19(16-25(23)37-3)33-15-14-20(34)17-33/h4-13,16,18,20,34H,14-15,17H2,1-3H3,(H2,29,30,31,32). The zero-order chi connectivity index (χ0) is 26.9. The first-order chi connectivity index (χ1) is 18.3. The minimum Gasteiger partial charge on any atom is -0.494 e. The summed E-state index contributed by atoms with van der Waals surface area (Å²) in [6.45, 7) is 4.71. The number of nitrogens with zero attached hydrogens (tertiary/aromatic N) is 3. The summed E-state index contributed by atoms with van der Waals surface area (Å²) in [6.07, 6.45) is 0.418. The summed E-state index contributed by atoms with van der Waals surface area (Å²) < 4.78 is 31.7. The molecule has 0 spiro atoms. The Balaban J connectivity index is 1.51. The SMILES string of the molecule is COc1cc(N2CCC(O)C2)ccc1Nc1nc(Nc2ccccc2S(=O)(=O)C(C)C)c2ccccc2n1. The van der Waals surface area contributed by atoms with Crippen molar-refractivity contribution < 1.29 is 18.3 Å². The number of ether oxygens (including phenoxy) is 1. The summed E-state index contributed by atoms with van der Waals surface area (Å²) in [5, 5.41) is 16.6. The van der Waals surface area contributed by atoms with E-state index in [2.05, 4.69) is 20.5 Å². The van der Waals surface area contributed by atoms with Crippen LogP contribution in [-0.4, -0.2) is 55.0 Å². The van der Waals surface area contributed by atoms with Gasteiger partial charge in [0.25, 0.3) is 0 Å². The second-order valence-corrected chi connectivity index (χ2v) is 12.0. The lowest BCUT2D eigenvalue weighted by atomic mass is 10.2. The van der Waals surface area contributed by atoms with Crippen LogP contribution < -0.4 is 20.3 Å². The molecule has 1 fully saturated rings. The molecule has 1 unspecified atom stereocenters. The zero-order valence-corrected chi connectivity index (χ0v) is 22.4. The van der Waals surface area contributed by atoms with Gasteiger partial charge in [0, 0.05) is 30.2 Å². The van der Waals surface area contributed by atoms with Gasteiger partial charge in [0.15, 0.2) is 9.84 Å². The number of aromatic nitrogens is 2. The Hall–Kier alpha value is -3.89. The highest BCUT2D eigenvalue weighted by atomic mass is 32.2. The zero-order valence-electron chi connectivity index (χ0n) is 21.5. The summed E-state index contributed by atoms with van der Waals surface area (Å²) in [6, 6.07) is 20.2. The number of β-amino-alcohol motifs (C(OH)–C–C–N with tert-alkyl or cyclic N) is 1. The number of benzene rings is 3. The maximum Gasteiger partial charge on any atom is 0.229 e. The molecule has 1 aromatic heterocycles. The van der Waals surface area contributed by atoms with Crippen LogP contribution in [0.25, 0.3) is 10.9 Å². The number of nitrogens with one attached hydrogen (secondary N) is 2. The average Bonchev–Trinajstić information content (AvgIpc) is 3.35. The number of fused-ring (bicyclic) bond motifs is 1. The third-order valence-corrected chi connectivity index (χ3v) is 8.84. The van der Waals surface area contributed by atoms with Gasteiger partial charge in [-0.3, -0.25) is 0 Å². The van der Waals surface area contributed by atoms with Gasteiger partial charge in [0.05, 0.1) is 40.3 Å². The molecule has 0 aliphatic carbocycles. The van der Waals surface area contributed by atoms with E-state index in [1.807, 2.05) is 42.5 Å². The number of aliphatic hydroxyl groups excluding tert-OH is 1. The smallest absolute Gasteiger partial charge is 0.229 e. The van der Waals surface area contributed by atoms with Gasteiger partial charge in [-0.25, -0.2) is 13.4 Å². The Morgan fingerprint density at radius 1 is 1.00 bits per heavy atom. The molecule has 0 radical (unpaired) electrons. The number of methoxy groups -OCH3 is 1. The third-order valence-electron chi connectivity index (χ3n) is 6.63. The maximum atomic E-state index is 13.0. The molecule has 1 atom stereocenters. The molecule has 198 valence electrons. The van der Waals surface area contributed by atoms with Crippen LogP contribution in [0.15, 0.2) is 71.6 Å². The molecular weight excluding hydrogens is 502 g/mol. The second kappa shape index (κ2) is 10.5. The number of rotatable bonds is 8. The molecule has 1 saturated heterocycles. The van der Waals surface area contributed by atoms with Gasteiger partial charge < -0.3 is 25.4 Å². The molecule has 10 heteroatoms. The highest BCUT2D eigenvalue weighted by molar-refractivity contribution is 7.92. The van der Waals surface area contributed by atoms with Crippen molar-refractivity contribution in [1.82, 2.24) is 9.97 Å². The van der Waals surface area contributed by atoms with Crippen molar-refractivity contribution in [2.24, 2.45) is 0 Å². The molecular formula is C28H31N5O4S. The molecule has 3 N–H and O–H groups in total. The van der Waals surface area contributed by atoms with E-state index in [4.69, 9.17) is 9.72 Å². The van der Waals surface area contributed by atoms with E-state index in [9.17, 15) is 13.5 Å². The molecule has 4 aromatic rings. The van der Waals surface area contributed by atoms with E-state index in [-0.39, 0.29) is 11.0 Å². The van der Waals surface area contributed by atoms with E-state index in [0.29, 0.717) is 41.0 Å². The van der Waals surface area contributed by atoms with Crippen molar-refractivity contribution in [3.8, 4) is 5.75 Å². The van der Waals surface area contributed by atoms with Crippen molar-refractivity contribution >= 4 is 49.6 Å². The fourth-order valence-corrected chi connectivity index (χ4v) is 5.71.